The third-order valence-electron chi connectivity index (χ3n) is 3.77. The predicted octanol–water partition coefficient (Wildman–Crippen LogP) is 4.38. The fourth-order valence-electron chi connectivity index (χ4n) is 2.74. The van der Waals surface area contributed by atoms with Gasteiger partial charge in [0.25, 0.3) is 0 Å². The summed E-state index contributed by atoms with van der Waals surface area (Å²) in [5.41, 5.74) is 1.90. The molecule has 0 aliphatic heterocycles. The van der Waals surface area contributed by atoms with Gasteiger partial charge in [0.2, 0.25) is 0 Å². The van der Waals surface area contributed by atoms with E-state index in [1.54, 1.807) is 12.3 Å². The van der Waals surface area contributed by atoms with E-state index in [4.69, 9.17) is 0 Å². The number of carbonyl (C=O) groups is 1. The lowest BCUT2D eigenvalue weighted by molar-refractivity contribution is 0.112. The minimum absolute atomic E-state index is 0.316. The molecule has 0 amide bonds. The van der Waals surface area contributed by atoms with E-state index < -0.39 is 0 Å². The van der Waals surface area contributed by atoms with Gasteiger partial charge in [-0.05, 0) is 47.0 Å². The van der Waals surface area contributed by atoms with Crippen molar-refractivity contribution >= 4 is 22.2 Å². The van der Waals surface area contributed by atoms with Gasteiger partial charge in [-0.2, -0.15) is 5.10 Å². The second-order valence-electron chi connectivity index (χ2n) is 5.09. The Kier molecular flexibility index (Phi) is 3.70. The van der Waals surface area contributed by atoms with Crippen LogP contribution in [-0.4, -0.2) is 16.1 Å². The SMILES string of the molecule is O=Cc1cn(C2CCCC2)nc1-c1ccc(F)cc1Br. The number of aromatic nitrogens is 2. The third-order valence-corrected chi connectivity index (χ3v) is 4.43. The molecule has 1 aromatic heterocycles. The largest absolute Gasteiger partial charge is 0.298 e. The van der Waals surface area contributed by atoms with Crippen LogP contribution in [0.15, 0.2) is 28.9 Å². The van der Waals surface area contributed by atoms with Crippen LogP contribution < -0.4 is 0 Å². The topological polar surface area (TPSA) is 34.9 Å². The van der Waals surface area contributed by atoms with E-state index in [0.717, 1.165) is 24.7 Å². The van der Waals surface area contributed by atoms with Gasteiger partial charge in [0.05, 0.1) is 11.6 Å². The first kappa shape index (κ1) is 13.5. The normalized spacial score (nSPS) is 15.7. The average molecular weight is 337 g/mol. The Bertz CT molecular complexity index is 647. The predicted molar refractivity (Wildman–Crippen MR) is 78.2 cm³/mol. The second-order valence-corrected chi connectivity index (χ2v) is 5.95. The minimum atomic E-state index is -0.316. The molecule has 1 fully saturated rings. The van der Waals surface area contributed by atoms with Crippen molar-refractivity contribution < 1.29 is 9.18 Å². The highest BCUT2D eigenvalue weighted by Gasteiger charge is 2.21. The highest BCUT2D eigenvalue weighted by atomic mass is 79.9. The van der Waals surface area contributed by atoms with E-state index in [0.29, 0.717) is 21.8 Å². The minimum Gasteiger partial charge on any atom is -0.298 e. The van der Waals surface area contributed by atoms with Crippen molar-refractivity contribution in [3.8, 4) is 11.3 Å². The Morgan fingerprint density at radius 2 is 2.10 bits per heavy atom. The highest BCUT2D eigenvalue weighted by molar-refractivity contribution is 9.10. The molecule has 3 rings (SSSR count). The Labute approximate surface area is 124 Å². The van der Waals surface area contributed by atoms with Crippen molar-refractivity contribution in [1.82, 2.24) is 9.78 Å². The summed E-state index contributed by atoms with van der Waals surface area (Å²) in [5, 5.41) is 4.56. The second kappa shape index (κ2) is 5.48. The Hall–Kier alpha value is -1.49. The van der Waals surface area contributed by atoms with Crippen LogP contribution in [0.1, 0.15) is 42.1 Å². The molecule has 0 spiro atoms. The summed E-state index contributed by atoms with van der Waals surface area (Å²) >= 11 is 3.33. The summed E-state index contributed by atoms with van der Waals surface area (Å²) in [6.07, 6.45) is 7.22. The molecule has 1 heterocycles. The first-order chi connectivity index (χ1) is 9.69. The van der Waals surface area contributed by atoms with Crippen LogP contribution in [0.25, 0.3) is 11.3 Å². The molecule has 20 heavy (non-hydrogen) atoms. The van der Waals surface area contributed by atoms with E-state index in [9.17, 15) is 9.18 Å². The first-order valence-corrected chi connectivity index (χ1v) is 7.48. The summed E-state index contributed by atoms with van der Waals surface area (Å²) in [7, 11) is 0. The molecule has 1 aromatic carbocycles. The summed E-state index contributed by atoms with van der Waals surface area (Å²) in [6, 6.07) is 4.79. The van der Waals surface area contributed by atoms with E-state index in [-0.39, 0.29) is 5.82 Å². The molecule has 1 aliphatic carbocycles. The summed E-state index contributed by atoms with van der Waals surface area (Å²) < 4.78 is 15.7. The van der Waals surface area contributed by atoms with Crippen molar-refractivity contribution in [2.45, 2.75) is 31.7 Å². The van der Waals surface area contributed by atoms with E-state index in [1.165, 1.54) is 25.0 Å². The summed E-state index contributed by atoms with van der Waals surface area (Å²) in [5.74, 6) is -0.316. The molecule has 104 valence electrons. The maximum Gasteiger partial charge on any atom is 0.153 e. The van der Waals surface area contributed by atoms with Crippen LogP contribution in [0.2, 0.25) is 0 Å². The lowest BCUT2D eigenvalue weighted by Crippen LogP contribution is -2.05. The monoisotopic (exact) mass is 336 g/mol. The van der Waals surface area contributed by atoms with Crippen LogP contribution >= 0.6 is 15.9 Å². The van der Waals surface area contributed by atoms with Gasteiger partial charge in [0.15, 0.2) is 6.29 Å². The van der Waals surface area contributed by atoms with Crippen molar-refractivity contribution in [1.29, 1.82) is 0 Å². The molecule has 0 atom stereocenters. The molecule has 0 radical (unpaired) electrons. The van der Waals surface area contributed by atoms with Gasteiger partial charge in [-0.3, -0.25) is 9.48 Å². The highest BCUT2D eigenvalue weighted by Crippen LogP contribution is 2.33. The fraction of sp³-hybridized carbons (Fsp3) is 0.333. The lowest BCUT2D eigenvalue weighted by Gasteiger charge is -2.09. The maximum atomic E-state index is 13.2. The zero-order chi connectivity index (χ0) is 14.1. The summed E-state index contributed by atoms with van der Waals surface area (Å²) in [4.78, 5) is 11.3. The van der Waals surface area contributed by atoms with E-state index in [1.807, 2.05) is 4.68 Å². The molecule has 0 unspecified atom stereocenters. The number of halogens is 2. The molecule has 0 bridgehead atoms. The van der Waals surface area contributed by atoms with Crippen molar-refractivity contribution in [2.24, 2.45) is 0 Å². The van der Waals surface area contributed by atoms with Gasteiger partial charge < -0.3 is 0 Å². The standard InChI is InChI=1S/C15H14BrFN2O/c16-14-7-11(17)5-6-13(14)15-10(9-20)8-19(18-15)12-3-1-2-4-12/h5-9,12H,1-4H2. The third kappa shape index (κ3) is 2.42. The number of carbonyl (C=O) groups excluding carboxylic acids is 1. The number of hydrogen-bond donors (Lipinski definition) is 0. The van der Waals surface area contributed by atoms with Gasteiger partial charge in [0, 0.05) is 16.2 Å². The summed E-state index contributed by atoms with van der Waals surface area (Å²) in [6.45, 7) is 0. The molecule has 1 saturated carbocycles. The maximum absolute atomic E-state index is 13.2. The quantitative estimate of drug-likeness (QED) is 0.779. The fourth-order valence-corrected chi connectivity index (χ4v) is 3.28. The van der Waals surface area contributed by atoms with Crippen LogP contribution in [0.5, 0.6) is 0 Å². The number of nitrogens with zero attached hydrogens (tertiary/aromatic N) is 2. The van der Waals surface area contributed by atoms with Crippen LogP contribution in [-0.2, 0) is 0 Å². The number of benzene rings is 1. The Morgan fingerprint density at radius 1 is 1.35 bits per heavy atom. The molecular weight excluding hydrogens is 323 g/mol. The molecule has 0 N–H and O–H groups in total. The van der Waals surface area contributed by atoms with Gasteiger partial charge in [-0.25, -0.2) is 4.39 Å². The number of aldehydes is 1. The zero-order valence-corrected chi connectivity index (χ0v) is 12.4. The van der Waals surface area contributed by atoms with Crippen molar-refractivity contribution in [3.05, 3.63) is 40.2 Å². The van der Waals surface area contributed by atoms with E-state index in [2.05, 4.69) is 21.0 Å². The molecule has 0 saturated heterocycles. The van der Waals surface area contributed by atoms with Crippen LogP contribution in [0.4, 0.5) is 4.39 Å². The number of rotatable bonds is 3. The van der Waals surface area contributed by atoms with Gasteiger partial charge in [-0.1, -0.05) is 12.8 Å². The number of hydrogen-bond acceptors (Lipinski definition) is 2. The molecule has 3 nitrogen and oxygen atoms in total. The van der Waals surface area contributed by atoms with Crippen molar-refractivity contribution in [2.75, 3.05) is 0 Å². The average Bonchev–Trinajstić information content (AvgIpc) is 3.07. The molecular formula is C15H14BrFN2O. The van der Waals surface area contributed by atoms with E-state index >= 15 is 0 Å². The Balaban J connectivity index is 2.05. The first-order valence-electron chi connectivity index (χ1n) is 6.69. The van der Waals surface area contributed by atoms with Gasteiger partial charge in [0.1, 0.15) is 11.5 Å². The molecule has 5 heteroatoms. The van der Waals surface area contributed by atoms with Crippen LogP contribution in [0.3, 0.4) is 0 Å². The lowest BCUT2D eigenvalue weighted by atomic mass is 10.1. The Morgan fingerprint density at radius 3 is 2.75 bits per heavy atom. The zero-order valence-electron chi connectivity index (χ0n) is 10.9. The van der Waals surface area contributed by atoms with Crippen LogP contribution in [0, 0.1) is 5.82 Å². The molecule has 2 aromatic rings. The van der Waals surface area contributed by atoms with Gasteiger partial charge in [-0.15, -0.1) is 0 Å². The molecule has 1 aliphatic rings. The van der Waals surface area contributed by atoms with Crippen molar-refractivity contribution in [3.63, 3.8) is 0 Å². The smallest absolute Gasteiger partial charge is 0.153 e. The van der Waals surface area contributed by atoms with Gasteiger partial charge >= 0.3 is 0 Å².